The second-order valence-electron chi connectivity index (χ2n) is 5.57. The molecule has 138 valence electrons. The van der Waals surface area contributed by atoms with E-state index in [1.165, 1.54) is 67.8 Å². The van der Waals surface area contributed by atoms with Crippen LogP contribution in [0, 0.1) is 0 Å². The SMILES string of the molecule is CC(=O)c1ccc(S(=O)(=O)Oc2ccc(NC(=O)c3ccco3)cc2)cc1. The van der Waals surface area contributed by atoms with Crippen molar-refractivity contribution in [3.8, 4) is 5.75 Å². The van der Waals surface area contributed by atoms with Gasteiger partial charge in [-0.05, 0) is 55.5 Å². The number of amides is 1. The number of hydrogen-bond acceptors (Lipinski definition) is 6. The van der Waals surface area contributed by atoms with Crippen molar-refractivity contribution in [1.29, 1.82) is 0 Å². The van der Waals surface area contributed by atoms with Gasteiger partial charge in [0.2, 0.25) is 0 Å². The highest BCUT2D eigenvalue weighted by Gasteiger charge is 2.17. The fraction of sp³-hybridized carbons (Fsp3) is 0.0526. The summed E-state index contributed by atoms with van der Waals surface area (Å²) in [6, 6.07) is 14.4. The maximum atomic E-state index is 12.3. The monoisotopic (exact) mass is 385 g/mol. The minimum Gasteiger partial charge on any atom is -0.459 e. The van der Waals surface area contributed by atoms with Gasteiger partial charge in [-0.2, -0.15) is 8.42 Å². The number of nitrogens with one attached hydrogen (secondary N) is 1. The fourth-order valence-corrected chi connectivity index (χ4v) is 3.16. The van der Waals surface area contributed by atoms with Crippen LogP contribution in [0.2, 0.25) is 0 Å². The highest BCUT2D eigenvalue weighted by molar-refractivity contribution is 7.87. The van der Waals surface area contributed by atoms with E-state index in [-0.39, 0.29) is 22.2 Å². The average Bonchev–Trinajstić information content (AvgIpc) is 3.18. The predicted octanol–water partition coefficient (Wildman–Crippen LogP) is 3.50. The number of anilines is 1. The van der Waals surface area contributed by atoms with E-state index in [1.54, 1.807) is 6.07 Å². The second kappa shape index (κ2) is 7.46. The minimum atomic E-state index is -4.04. The molecule has 0 atom stereocenters. The Balaban J connectivity index is 1.69. The summed E-state index contributed by atoms with van der Waals surface area (Å²) in [5.74, 6) is -0.340. The Labute approximate surface area is 155 Å². The Bertz CT molecular complexity index is 1050. The van der Waals surface area contributed by atoms with Crippen molar-refractivity contribution in [1.82, 2.24) is 0 Å². The number of carbonyl (C=O) groups excluding carboxylic acids is 2. The van der Waals surface area contributed by atoms with Crippen molar-refractivity contribution >= 4 is 27.5 Å². The van der Waals surface area contributed by atoms with Crippen LogP contribution in [0.3, 0.4) is 0 Å². The van der Waals surface area contributed by atoms with Crippen LogP contribution in [-0.4, -0.2) is 20.1 Å². The fourth-order valence-electron chi connectivity index (χ4n) is 2.23. The summed E-state index contributed by atoms with van der Waals surface area (Å²) in [6.45, 7) is 1.40. The summed E-state index contributed by atoms with van der Waals surface area (Å²) in [7, 11) is -4.04. The van der Waals surface area contributed by atoms with Crippen molar-refractivity contribution in [3.05, 3.63) is 78.3 Å². The molecule has 8 heteroatoms. The molecule has 3 rings (SSSR count). The molecule has 1 heterocycles. The van der Waals surface area contributed by atoms with Crippen molar-refractivity contribution in [2.24, 2.45) is 0 Å². The molecule has 0 saturated heterocycles. The van der Waals surface area contributed by atoms with Gasteiger partial charge in [0.25, 0.3) is 5.91 Å². The summed E-state index contributed by atoms with van der Waals surface area (Å²) in [5.41, 5.74) is 0.859. The molecule has 2 aromatic carbocycles. The molecule has 0 bridgehead atoms. The van der Waals surface area contributed by atoms with Crippen LogP contribution in [0.25, 0.3) is 0 Å². The standard InChI is InChI=1S/C19H15NO6S/c1-13(21)14-4-10-17(11-5-14)27(23,24)26-16-8-6-15(7-9-16)20-19(22)18-3-2-12-25-18/h2-12H,1H3,(H,20,22). The predicted molar refractivity (Wildman–Crippen MR) is 97.4 cm³/mol. The van der Waals surface area contributed by atoms with E-state index in [9.17, 15) is 18.0 Å². The van der Waals surface area contributed by atoms with Crippen molar-refractivity contribution in [2.75, 3.05) is 5.32 Å². The smallest absolute Gasteiger partial charge is 0.339 e. The Hall–Kier alpha value is -3.39. The maximum absolute atomic E-state index is 12.3. The highest BCUT2D eigenvalue weighted by atomic mass is 32.2. The lowest BCUT2D eigenvalue weighted by Gasteiger charge is -2.08. The summed E-state index contributed by atoms with van der Waals surface area (Å²) in [6.07, 6.45) is 1.39. The molecule has 0 unspecified atom stereocenters. The van der Waals surface area contributed by atoms with Crippen LogP contribution in [0.1, 0.15) is 27.8 Å². The molecule has 0 radical (unpaired) electrons. The molecule has 0 fully saturated rings. The van der Waals surface area contributed by atoms with Crippen LogP contribution in [0.5, 0.6) is 5.75 Å². The minimum absolute atomic E-state index is 0.0669. The van der Waals surface area contributed by atoms with E-state index in [0.717, 1.165) is 0 Å². The molecular formula is C19H15NO6S. The Morgan fingerprint density at radius 2 is 1.63 bits per heavy atom. The summed E-state index contributed by atoms with van der Waals surface area (Å²) >= 11 is 0. The number of hydrogen-bond donors (Lipinski definition) is 1. The molecular weight excluding hydrogens is 370 g/mol. The van der Waals surface area contributed by atoms with E-state index in [4.69, 9.17) is 8.60 Å². The van der Waals surface area contributed by atoms with Crippen molar-refractivity contribution < 1.29 is 26.6 Å². The van der Waals surface area contributed by atoms with E-state index < -0.39 is 16.0 Å². The van der Waals surface area contributed by atoms with Gasteiger partial charge >= 0.3 is 10.1 Å². The molecule has 1 aromatic heterocycles. The lowest BCUT2D eigenvalue weighted by Crippen LogP contribution is -2.11. The molecule has 1 amide bonds. The van der Waals surface area contributed by atoms with Gasteiger partial charge in [-0.25, -0.2) is 0 Å². The molecule has 0 saturated carbocycles. The first-order valence-corrected chi connectivity index (χ1v) is 9.26. The van der Waals surface area contributed by atoms with E-state index in [0.29, 0.717) is 11.3 Å². The lowest BCUT2D eigenvalue weighted by molar-refractivity contribution is 0.0993. The first-order chi connectivity index (χ1) is 12.8. The van der Waals surface area contributed by atoms with Gasteiger partial charge < -0.3 is 13.9 Å². The largest absolute Gasteiger partial charge is 0.459 e. The van der Waals surface area contributed by atoms with Gasteiger partial charge in [0, 0.05) is 11.3 Å². The molecule has 0 aliphatic heterocycles. The van der Waals surface area contributed by atoms with Gasteiger partial charge in [0.05, 0.1) is 6.26 Å². The number of ketones is 1. The Kier molecular flexibility index (Phi) is 5.09. The zero-order valence-corrected chi connectivity index (χ0v) is 15.0. The normalized spacial score (nSPS) is 11.0. The Morgan fingerprint density at radius 1 is 0.963 bits per heavy atom. The Morgan fingerprint density at radius 3 is 2.19 bits per heavy atom. The quantitative estimate of drug-likeness (QED) is 0.515. The summed E-state index contributed by atoms with van der Waals surface area (Å²) in [5, 5.41) is 2.61. The van der Waals surface area contributed by atoms with Crippen LogP contribution >= 0.6 is 0 Å². The second-order valence-corrected chi connectivity index (χ2v) is 7.12. The lowest BCUT2D eigenvalue weighted by atomic mass is 10.2. The first-order valence-electron chi connectivity index (χ1n) is 7.85. The zero-order chi connectivity index (χ0) is 19.4. The van der Waals surface area contributed by atoms with Crippen LogP contribution in [-0.2, 0) is 10.1 Å². The molecule has 27 heavy (non-hydrogen) atoms. The van der Waals surface area contributed by atoms with Crippen LogP contribution in [0.15, 0.2) is 76.2 Å². The first kappa shape index (κ1) is 18.4. The number of carbonyl (C=O) groups is 2. The summed E-state index contributed by atoms with van der Waals surface area (Å²) < 4.78 is 34.7. The van der Waals surface area contributed by atoms with E-state index in [2.05, 4.69) is 5.32 Å². The number of Topliss-reactive ketones (excluding diaryl/α,β-unsaturated/α-hetero) is 1. The molecule has 3 aromatic rings. The number of benzene rings is 2. The average molecular weight is 385 g/mol. The topological polar surface area (TPSA) is 103 Å². The van der Waals surface area contributed by atoms with Gasteiger partial charge in [0.1, 0.15) is 10.6 Å². The van der Waals surface area contributed by atoms with E-state index in [1.807, 2.05) is 0 Å². The van der Waals surface area contributed by atoms with Gasteiger partial charge in [-0.1, -0.05) is 12.1 Å². The van der Waals surface area contributed by atoms with Crippen LogP contribution in [0.4, 0.5) is 5.69 Å². The zero-order valence-electron chi connectivity index (χ0n) is 14.2. The van der Waals surface area contributed by atoms with Crippen molar-refractivity contribution in [2.45, 2.75) is 11.8 Å². The summed E-state index contributed by atoms with van der Waals surface area (Å²) in [4.78, 5) is 23.1. The third-order valence-electron chi connectivity index (χ3n) is 3.61. The molecule has 0 aliphatic carbocycles. The number of rotatable bonds is 6. The number of furan rings is 1. The highest BCUT2D eigenvalue weighted by Crippen LogP contribution is 2.21. The van der Waals surface area contributed by atoms with Gasteiger partial charge in [-0.15, -0.1) is 0 Å². The molecule has 0 spiro atoms. The van der Waals surface area contributed by atoms with Gasteiger partial charge in [-0.3, -0.25) is 9.59 Å². The third kappa shape index (κ3) is 4.42. The maximum Gasteiger partial charge on any atom is 0.339 e. The third-order valence-corrected chi connectivity index (χ3v) is 4.87. The molecule has 0 aliphatic rings. The molecule has 7 nitrogen and oxygen atoms in total. The van der Waals surface area contributed by atoms with E-state index >= 15 is 0 Å². The molecule has 1 N–H and O–H groups in total. The van der Waals surface area contributed by atoms with Gasteiger partial charge in [0.15, 0.2) is 11.5 Å². The van der Waals surface area contributed by atoms with Crippen molar-refractivity contribution in [3.63, 3.8) is 0 Å². The van der Waals surface area contributed by atoms with Crippen LogP contribution < -0.4 is 9.50 Å².